The van der Waals surface area contributed by atoms with E-state index in [1.54, 1.807) is 0 Å². The van der Waals surface area contributed by atoms with E-state index in [0.29, 0.717) is 11.8 Å². The molecule has 0 aromatic heterocycles. The molecule has 3 rings (SSSR count). The number of nitrogens with one attached hydrogen (secondary N) is 1. The summed E-state index contributed by atoms with van der Waals surface area (Å²) < 4.78 is 0. The summed E-state index contributed by atoms with van der Waals surface area (Å²) >= 11 is 0. The third-order valence-electron chi connectivity index (χ3n) is 5.42. The molecule has 3 unspecified atom stereocenters. The summed E-state index contributed by atoms with van der Waals surface area (Å²) in [4.78, 5) is 11.9. The minimum absolute atomic E-state index is 0.339. The molecule has 96 valence electrons. The Morgan fingerprint density at radius 2 is 1.88 bits per heavy atom. The average molecular weight is 235 g/mol. The highest BCUT2D eigenvalue weighted by atomic mass is 16.1. The first kappa shape index (κ1) is 11.6. The lowest BCUT2D eigenvalue weighted by Gasteiger charge is -2.21. The molecule has 3 fully saturated rings. The molecular weight excluding hydrogens is 210 g/mol. The Labute approximate surface area is 105 Å². The van der Waals surface area contributed by atoms with Crippen LogP contribution in [0.15, 0.2) is 0 Å². The number of fused-ring (bicyclic) bond motifs is 2. The van der Waals surface area contributed by atoms with Gasteiger partial charge in [-0.2, -0.15) is 0 Å². The van der Waals surface area contributed by atoms with Gasteiger partial charge >= 0.3 is 0 Å². The van der Waals surface area contributed by atoms with Crippen LogP contribution in [0.1, 0.15) is 57.8 Å². The van der Waals surface area contributed by atoms with Crippen molar-refractivity contribution in [2.75, 3.05) is 6.54 Å². The molecule has 2 nitrogen and oxygen atoms in total. The molecule has 0 spiro atoms. The Kier molecular flexibility index (Phi) is 3.39. The second-order valence-corrected chi connectivity index (χ2v) is 6.50. The molecule has 2 bridgehead atoms. The second kappa shape index (κ2) is 4.99. The molecule has 1 amide bonds. The Balaban J connectivity index is 1.36. The van der Waals surface area contributed by atoms with E-state index in [9.17, 15) is 4.79 Å². The average Bonchev–Trinajstić information content (AvgIpc) is 3.06. The standard InChI is InChI=1S/C15H25NO/c17-15(12-3-1-2-4-12)16-8-7-14-10-11-5-6-13(14)9-11/h11-14H,1-10H2,(H,16,17). The van der Waals surface area contributed by atoms with Crippen LogP contribution in [0.2, 0.25) is 0 Å². The molecule has 0 saturated heterocycles. The predicted molar refractivity (Wildman–Crippen MR) is 68.5 cm³/mol. The van der Waals surface area contributed by atoms with Crippen molar-refractivity contribution in [3.8, 4) is 0 Å². The van der Waals surface area contributed by atoms with Gasteiger partial charge in [0.15, 0.2) is 0 Å². The van der Waals surface area contributed by atoms with E-state index in [4.69, 9.17) is 0 Å². The summed E-state index contributed by atoms with van der Waals surface area (Å²) in [7, 11) is 0. The number of hydrogen-bond donors (Lipinski definition) is 1. The van der Waals surface area contributed by atoms with Crippen LogP contribution < -0.4 is 5.32 Å². The van der Waals surface area contributed by atoms with Crippen molar-refractivity contribution in [2.24, 2.45) is 23.7 Å². The quantitative estimate of drug-likeness (QED) is 0.797. The summed E-state index contributed by atoms with van der Waals surface area (Å²) in [5.74, 6) is 3.65. The zero-order valence-corrected chi connectivity index (χ0v) is 10.8. The maximum absolute atomic E-state index is 11.9. The van der Waals surface area contributed by atoms with Gasteiger partial charge in [0.2, 0.25) is 5.91 Å². The second-order valence-electron chi connectivity index (χ2n) is 6.50. The minimum Gasteiger partial charge on any atom is -0.356 e. The van der Waals surface area contributed by atoms with Gasteiger partial charge in [0.05, 0.1) is 0 Å². The maximum atomic E-state index is 11.9. The van der Waals surface area contributed by atoms with E-state index in [0.717, 1.165) is 37.1 Å². The predicted octanol–water partition coefficient (Wildman–Crippen LogP) is 3.12. The summed E-state index contributed by atoms with van der Waals surface area (Å²) in [6.45, 7) is 0.934. The zero-order valence-electron chi connectivity index (χ0n) is 10.8. The molecule has 0 heterocycles. The number of amides is 1. The SMILES string of the molecule is O=C(NCCC1CC2CCC1C2)C1CCCC1. The lowest BCUT2D eigenvalue weighted by Crippen LogP contribution is -2.31. The molecule has 0 aliphatic heterocycles. The van der Waals surface area contributed by atoms with Crippen molar-refractivity contribution < 1.29 is 4.79 Å². The highest BCUT2D eigenvalue weighted by Gasteiger charge is 2.38. The van der Waals surface area contributed by atoms with Crippen molar-refractivity contribution in [1.82, 2.24) is 5.32 Å². The van der Waals surface area contributed by atoms with Crippen LogP contribution in [0.25, 0.3) is 0 Å². The van der Waals surface area contributed by atoms with Crippen LogP contribution in [0.3, 0.4) is 0 Å². The van der Waals surface area contributed by atoms with Crippen LogP contribution in [0, 0.1) is 23.7 Å². The largest absolute Gasteiger partial charge is 0.356 e. The molecule has 3 saturated carbocycles. The first-order chi connectivity index (χ1) is 8.33. The van der Waals surface area contributed by atoms with E-state index < -0.39 is 0 Å². The first-order valence-corrected chi connectivity index (χ1v) is 7.60. The third kappa shape index (κ3) is 2.51. The number of hydrogen-bond acceptors (Lipinski definition) is 1. The Morgan fingerprint density at radius 1 is 1.06 bits per heavy atom. The van der Waals surface area contributed by atoms with E-state index in [-0.39, 0.29) is 0 Å². The van der Waals surface area contributed by atoms with Gasteiger partial charge in [-0.1, -0.05) is 19.3 Å². The van der Waals surface area contributed by atoms with Gasteiger partial charge in [-0.15, -0.1) is 0 Å². The fourth-order valence-corrected chi connectivity index (χ4v) is 4.44. The number of rotatable bonds is 4. The van der Waals surface area contributed by atoms with E-state index >= 15 is 0 Å². The topological polar surface area (TPSA) is 29.1 Å². The highest BCUT2D eigenvalue weighted by molar-refractivity contribution is 5.78. The van der Waals surface area contributed by atoms with Gasteiger partial charge in [-0.25, -0.2) is 0 Å². The fraction of sp³-hybridized carbons (Fsp3) is 0.933. The van der Waals surface area contributed by atoms with E-state index in [1.807, 2.05) is 0 Å². The van der Waals surface area contributed by atoms with Gasteiger partial charge in [0.1, 0.15) is 0 Å². The zero-order chi connectivity index (χ0) is 11.7. The molecule has 3 atom stereocenters. The van der Waals surface area contributed by atoms with Crippen LogP contribution in [-0.2, 0) is 4.79 Å². The first-order valence-electron chi connectivity index (χ1n) is 7.60. The lowest BCUT2D eigenvalue weighted by molar-refractivity contribution is -0.124. The van der Waals surface area contributed by atoms with Crippen LogP contribution in [0.5, 0.6) is 0 Å². The summed E-state index contributed by atoms with van der Waals surface area (Å²) in [6, 6.07) is 0. The Hall–Kier alpha value is -0.530. The lowest BCUT2D eigenvalue weighted by atomic mass is 9.86. The minimum atomic E-state index is 0.339. The summed E-state index contributed by atoms with van der Waals surface area (Å²) in [5, 5.41) is 3.17. The van der Waals surface area contributed by atoms with Gasteiger partial charge in [0.25, 0.3) is 0 Å². The van der Waals surface area contributed by atoms with Crippen molar-refractivity contribution in [1.29, 1.82) is 0 Å². The molecule has 1 N–H and O–H groups in total. The van der Waals surface area contributed by atoms with Gasteiger partial charge in [-0.05, 0) is 56.3 Å². The van der Waals surface area contributed by atoms with Gasteiger partial charge < -0.3 is 5.32 Å². The molecule has 3 aliphatic rings. The van der Waals surface area contributed by atoms with E-state index in [2.05, 4.69) is 5.32 Å². The fourth-order valence-electron chi connectivity index (χ4n) is 4.44. The molecule has 17 heavy (non-hydrogen) atoms. The van der Waals surface area contributed by atoms with Crippen molar-refractivity contribution in [3.63, 3.8) is 0 Å². The normalized spacial score (nSPS) is 36.6. The van der Waals surface area contributed by atoms with Crippen molar-refractivity contribution in [2.45, 2.75) is 57.8 Å². The van der Waals surface area contributed by atoms with Gasteiger partial charge in [0, 0.05) is 12.5 Å². The summed E-state index contributed by atoms with van der Waals surface area (Å²) in [5.41, 5.74) is 0. The van der Waals surface area contributed by atoms with Crippen molar-refractivity contribution >= 4 is 5.91 Å². The molecule has 0 radical (unpaired) electrons. The van der Waals surface area contributed by atoms with Crippen LogP contribution in [0.4, 0.5) is 0 Å². The maximum Gasteiger partial charge on any atom is 0.223 e. The molecule has 0 aromatic rings. The number of carbonyl (C=O) groups excluding carboxylic acids is 1. The van der Waals surface area contributed by atoms with Crippen LogP contribution in [-0.4, -0.2) is 12.5 Å². The van der Waals surface area contributed by atoms with Crippen molar-refractivity contribution in [3.05, 3.63) is 0 Å². The summed E-state index contributed by atoms with van der Waals surface area (Å²) in [6.07, 6.45) is 11.9. The molecule has 3 aliphatic carbocycles. The highest BCUT2D eigenvalue weighted by Crippen LogP contribution is 2.49. The van der Waals surface area contributed by atoms with Gasteiger partial charge in [-0.3, -0.25) is 4.79 Å². The number of carbonyl (C=O) groups is 1. The smallest absolute Gasteiger partial charge is 0.223 e. The molecular formula is C15H25NO. The molecule has 2 heteroatoms. The third-order valence-corrected chi connectivity index (χ3v) is 5.42. The van der Waals surface area contributed by atoms with E-state index in [1.165, 1.54) is 44.9 Å². The monoisotopic (exact) mass is 235 g/mol. The Bertz CT molecular complexity index is 283. The molecule has 0 aromatic carbocycles. The van der Waals surface area contributed by atoms with Crippen LogP contribution >= 0.6 is 0 Å². The Morgan fingerprint density at radius 3 is 2.53 bits per heavy atom.